The summed E-state index contributed by atoms with van der Waals surface area (Å²) in [5.74, 6) is 2.07. The van der Waals surface area contributed by atoms with Crippen molar-refractivity contribution in [3.8, 4) is 17.2 Å². The van der Waals surface area contributed by atoms with Crippen LogP contribution in [0.4, 0.5) is 11.4 Å². The van der Waals surface area contributed by atoms with E-state index in [4.69, 9.17) is 43.4 Å². The maximum Gasteiger partial charge on any atom is 0.145 e. The quantitative estimate of drug-likeness (QED) is 0.253. The minimum Gasteiger partial charge on any atom is -0.493 e. The Kier molecular flexibility index (Phi) is 15.2. The normalized spacial score (nSPS) is 15.2. The highest BCUT2D eigenvalue weighted by molar-refractivity contribution is 5.85. The second kappa shape index (κ2) is 20.2. The minimum atomic E-state index is 0.401. The highest BCUT2D eigenvalue weighted by atomic mass is 16.6. The van der Waals surface area contributed by atoms with Crippen molar-refractivity contribution in [2.45, 2.75) is 45.4 Å². The van der Waals surface area contributed by atoms with Crippen LogP contribution in [0.2, 0.25) is 0 Å². The topological polar surface area (TPSA) is 93.0 Å². The summed E-state index contributed by atoms with van der Waals surface area (Å²) in [5, 5.41) is 0. The first-order valence-corrected chi connectivity index (χ1v) is 15.7. The summed E-state index contributed by atoms with van der Waals surface area (Å²) in [5.41, 5.74) is 2.71. The van der Waals surface area contributed by atoms with Crippen LogP contribution in [0.5, 0.6) is 17.2 Å². The van der Waals surface area contributed by atoms with E-state index in [9.17, 15) is 0 Å². The van der Waals surface area contributed by atoms with Crippen LogP contribution in [-0.4, -0.2) is 76.9 Å². The van der Waals surface area contributed by atoms with Crippen molar-refractivity contribution in [3.05, 3.63) is 72.1 Å². The molecule has 3 aromatic rings. The summed E-state index contributed by atoms with van der Waals surface area (Å²) >= 11 is 0. The second-order valence-corrected chi connectivity index (χ2v) is 10.3. The van der Waals surface area contributed by atoms with Crippen molar-refractivity contribution >= 4 is 23.8 Å². The van der Waals surface area contributed by atoms with Gasteiger partial charge in [-0.25, -0.2) is 4.98 Å². The minimum absolute atomic E-state index is 0.401. The van der Waals surface area contributed by atoms with Crippen molar-refractivity contribution in [3.63, 3.8) is 0 Å². The maximum absolute atomic E-state index is 6.16. The fourth-order valence-corrected chi connectivity index (χ4v) is 4.44. The smallest absolute Gasteiger partial charge is 0.145 e. The Morgan fingerprint density at radius 1 is 0.591 bits per heavy atom. The van der Waals surface area contributed by atoms with E-state index in [0.717, 1.165) is 18.6 Å². The lowest BCUT2D eigenvalue weighted by Crippen LogP contribution is -2.14. The first-order valence-electron chi connectivity index (χ1n) is 15.7. The van der Waals surface area contributed by atoms with Crippen LogP contribution in [0.3, 0.4) is 0 Å². The van der Waals surface area contributed by atoms with Gasteiger partial charge >= 0.3 is 0 Å². The Balaban J connectivity index is 1.54. The third kappa shape index (κ3) is 12.4. The first-order chi connectivity index (χ1) is 21.8. The molecule has 2 heterocycles. The highest BCUT2D eigenvalue weighted by Crippen LogP contribution is 2.28. The Hall–Kier alpha value is -3.79. The van der Waals surface area contributed by atoms with Gasteiger partial charge in [0.2, 0.25) is 0 Å². The average molecular weight is 604 g/mol. The molecule has 0 unspecified atom stereocenters. The Bertz CT molecular complexity index is 1210. The molecule has 0 aliphatic carbocycles. The van der Waals surface area contributed by atoms with Crippen molar-refractivity contribution in [2.24, 2.45) is 9.98 Å². The van der Waals surface area contributed by atoms with Gasteiger partial charge in [0, 0.05) is 12.1 Å². The van der Waals surface area contributed by atoms with Crippen LogP contribution < -0.4 is 14.2 Å². The number of para-hydroxylation sites is 4. The summed E-state index contributed by atoms with van der Waals surface area (Å²) in [6.45, 7) is 6.51. The van der Waals surface area contributed by atoms with Gasteiger partial charge in [-0.15, -0.1) is 0 Å². The zero-order chi connectivity index (χ0) is 30.5. The van der Waals surface area contributed by atoms with Gasteiger partial charge in [-0.1, -0.05) is 63.3 Å². The SMILES string of the molecule is CCCCCCCCOc1cc2nc(c1)C=Nc1ccccc1OCCOCCOCCOCCOc1ccccc1N=C2. The van der Waals surface area contributed by atoms with Crippen LogP contribution in [0, 0.1) is 0 Å². The van der Waals surface area contributed by atoms with E-state index in [1.54, 1.807) is 12.4 Å². The number of ether oxygens (including phenoxy) is 6. The molecule has 0 fully saturated rings. The standard InChI is InChI=1S/C35H45N3O6/c1-2-3-4-5-6-11-16-42-31-25-29-27-36-32-12-7-9-14-34(32)43-23-21-40-19-17-39-18-20-41-22-24-44-35-15-10-8-13-33(35)37-28-30(26-31)38-29/h7-10,12-15,25-28H,2-6,11,16-24H2,1H3. The van der Waals surface area contributed by atoms with Crippen LogP contribution in [0.25, 0.3) is 0 Å². The lowest BCUT2D eigenvalue weighted by atomic mass is 10.1. The van der Waals surface area contributed by atoms with Gasteiger partial charge in [0.15, 0.2) is 0 Å². The summed E-state index contributed by atoms with van der Waals surface area (Å²) in [4.78, 5) is 14.2. The molecule has 1 aromatic heterocycles. The number of rotatable bonds is 8. The molecule has 0 N–H and O–H groups in total. The zero-order valence-corrected chi connectivity index (χ0v) is 25.8. The van der Waals surface area contributed by atoms with Crippen LogP contribution >= 0.6 is 0 Å². The third-order valence-corrected chi connectivity index (χ3v) is 6.72. The van der Waals surface area contributed by atoms with Gasteiger partial charge in [-0.3, -0.25) is 9.98 Å². The number of unbranched alkanes of at least 4 members (excludes halogenated alkanes) is 5. The number of nitrogens with zero attached hydrogens (tertiary/aromatic N) is 3. The Morgan fingerprint density at radius 2 is 1.07 bits per heavy atom. The lowest BCUT2D eigenvalue weighted by Gasteiger charge is -2.11. The van der Waals surface area contributed by atoms with Crippen molar-refractivity contribution in [1.82, 2.24) is 4.98 Å². The Labute approximate surface area is 261 Å². The predicted molar refractivity (Wildman–Crippen MR) is 174 cm³/mol. The van der Waals surface area contributed by atoms with E-state index in [2.05, 4.69) is 6.92 Å². The van der Waals surface area contributed by atoms with Crippen molar-refractivity contribution < 1.29 is 28.4 Å². The molecular weight excluding hydrogens is 558 g/mol. The van der Waals surface area contributed by atoms with Gasteiger partial charge in [-0.2, -0.15) is 0 Å². The zero-order valence-electron chi connectivity index (χ0n) is 25.8. The molecule has 0 spiro atoms. The number of aliphatic imine (C=N–C) groups is 2. The maximum atomic E-state index is 6.16. The predicted octanol–water partition coefficient (Wildman–Crippen LogP) is 7.14. The molecule has 0 atom stereocenters. The van der Waals surface area contributed by atoms with Crippen molar-refractivity contribution in [1.29, 1.82) is 0 Å². The van der Waals surface area contributed by atoms with Gasteiger partial charge < -0.3 is 28.4 Å². The van der Waals surface area contributed by atoms with E-state index >= 15 is 0 Å². The fraction of sp³-hybridized carbons (Fsp3) is 0.457. The van der Waals surface area contributed by atoms with Crippen LogP contribution in [0.15, 0.2) is 70.6 Å². The van der Waals surface area contributed by atoms with Crippen LogP contribution in [0.1, 0.15) is 56.8 Å². The number of hydrogen-bond acceptors (Lipinski definition) is 9. The molecule has 1 aliphatic heterocycles. The number of hydrogen-bond donors (Lipinski definition) is 0. The van der Waals surface area contributed by atoms with E-state index in [-0.39, 0.29) is 0 Å². The van der Waals surface area contributed by atoms with Gasteiger partial charge in [-0.05, 0) is 30.7 Å². The average Bonchev–Trinajstić information content (AvgIpc) is 3.05. The van der Waals surface area contributed by atoms with Gasteiger partial charge in [0.05, 0.1) is 70.1 Å². The molecule has 44 heavy (non-hydrogen) atoms. The lowest BCUT2D eigenvalue weighted by molar-refractivity contribution is 0.00504. The molecule has 1 aliphatic rings. The fourth-order valence-electron chi connectivity index (χ4n) is 4.44. The Morgan fingerprint density at radius 3 is 1.61 bits per heavy atom. The van der Waals surface area contributed by atoms with E-state index in [1.165, 1.54) is 25.7 Å². The molecule has 9 heteroatoms. The van der Waals surface area contributed by atoms with Crippen molar-refractivity contribution in [2.75, 3.05) is 59.5 Å². The van der Waals surface area contributed by atoms with Gasteiger partial charge in [0.1, 0.15) is 41.8 Å². The summed E-state index contributed by atoms with van der Waals surface area (Å²) in [6.07, 6.45) is 10.7. The second-order valence-electron chi connectivity index (χ2n) is 10.3. The molecule has 2 bridgehead atoms. The summed E-state index contributed by atoms with van der Waals surface area (Å²) in [7, 11) is 0. The molecule has 2 aromatic carbocycles. The molecule has 236 valence electrons. The largest absolute Gasteiger partial charge is 0.493 e. The van der Waals surface area contributed by atoms with E-state index in [0.29, 0.717) is 93.7 Å². The first kappa shape index (κ1) is 33.1. The number of benzene rings is 2. The summed E-state index contributed by atoms with van der Waals surface area (Å²) < 4.78 is 34.9. The number of pyridine rings is 1. The molecule has 0 radical (unpaired) electrons. The monoisotopic (exact) mass is 603 g/mol. The molecule has 0 amide bonds. The summed E-state index contributed by atoms with van der Waals surface area (Å²) in [6, 6.07) is 19.1. The highest BCUT2D eigenvalue weighted by Gasteiger charge is 2.07. The molecular formula is C35H45N3O6. The number of fused-ring (bicyclic) bond motifs is 4. The van der Waals surface area contributed by atoms with E-state index in [1.807, 2.05) is 60.7 Å². The molecule has 9 nitrogen and oxygen atoms in total. The molecule has 4 rings (SSSR count). The van der Waals surface area contributed by atoms with Gasteiger partial charge in [0.25, 0.3) is 0 Å². The number of aromatic nitrogens is 1. The van der Waals surface area contributed by atoms with Crippen LogP contribution in [-0.2, 0) is 14.2 Å². The third-order valence-electron chi connectivity index (χ3n) is 6.72. The molecule has 0 saturated carbocycles. The van der Waals surface area contributed by atoms with E-state index < -0.39 is 0 Å². The molecule has 0 saturated heterocycles.